The summed E-state index contributed by atoms with van der Waals surface area (Å²) >= 11 is 0. The van der Waals surface area contributed by atoms with Gasteiger partial charge in [-0.05, 0) is 23.8 Å². The number of carbonyl (C=O) groups is 1. The van der Waals surface area contributed by atoms with Crippen molar-refractivity contribution in [3.63, 3.8) is 0 Å². The van der Waals surface area contributed by atoms with Crippen LogP contribution in [0, 0.1) is 0 Å². The van der Waals surface area contributed by atoms with Crippen LogP contribution in [0.15, 0.2) is 36.5 Å². The molecule has 0 saturated carbocycles. The molecule has 1 heterocycles. The van der Waals surface area contributed by atoms with E-state index in [1.165, 1.54) is 17.0 Å². The quantitative estimate of drug-likeness (QED) is 0.939. The first kappa shape index (κ1) is 16.9. The van der Waals surface area contributed by atoms with Gasteiger partial charge in [-0.2, -0.15) is 18.3 Å². The molecule has 124 valence electrons. The van der Waals surface area contributed by atoms with Gasteiger partial charge in [-0.15, -0.1) is 0 Å². The molecule has 0 spiro atoms. The number of halogens is 3. The van der Waals surface area contributed by atoms with E-state index in [1.54, 1.807) is 31.0 Å². The van der Waals surface area contributed by atoms with E-state index in [9.17, 15) is 18.0 Å². The Morgan fingerprint density at radius 1 is 1.26 bits per heavy atom. The summed E-state index contributed by atoms with van der Waals surface area (Å²) in [5.74, 6) is 0. The van der Waals surface area contributed by atoms with E-state index in [-0.39, 0.29) is 12.6 Å². The van der Waals surface area contributed by atoms with Crippen LogP contribution in [0.25, 0.3) is 0 Å². The van der Waals surface area contributed by atoms with E-state index < -0.39 is 11.7 Å². The SMILES string of the molecule is CN(Cc1ccc(C(F)(F)F)cc1)C(=O)NCc1ccnn1C. The Morgan fingerprint density at radius 2 is 1.91 bits per heavy atom. The molecule has 1 aromatic carbocycles. The monoisotopic (exact) mass is 326 g/mol. The minimum atomic E-state index is -4.36. The van der Waals surface area contributed by atoms with Crippen molar-refractivity contribution in [2.45, 2.75) is 19.3 Å². The van der Waals surface area contributed by atoms with Crippen LogP contribution in [0.5, 0.6) is 0 Å². The average molecular weight is 326 g/mol. The van der Waals surface area contributed by atoms with Crippen molar-refractivity contribution < 1.29 is 18.0 Å². The standard InChI is InChI=1S/C15H17F3N4O/c1-21(14(23)19-9-13-7-8-20-22(13)2)10-11-3-5-12(6-4-11)15(16,17)18/h3-8H,9-10H2,1-2H3,(H,19,23). The van der Waals surface area contributed by atoms with Crippen LogP contribution in [0.1, 0.15) is 16.8 Å². The zero-order valence-electron chi connectivity index (χ0n) is 12.8. The zero-order chi connectivity index (χ0) is 17.0. The Morgan fingerprint density at radius 3 is 2.43 bits per heavy atom. The van der Waals surface area contributed by atoms with E-state index in [0.29, 0.717) is 12.1 Å². The molecule has 0 aliphatic rings. The summed E-state index contributed by atoms with van der Waals surface area (Å²) in [6.45, 7) is 0.544. The van der Waals surface area contributed by atoms with E-state index in [0.717, 1.165) is 17.8 Å². The van der Waals surface area contributed by atoms with Gasteiger partial charge in [-0.25, -0.2) is 4.79 Å². The van der Waals surface area contributed by atoms with Crippen molar-refractivity contribution in [1.82, 2.24) is 20.0 Å². The number of benzene rings is 1. The molecule has 2 aromatic rings. The molecule has 1 aromatic heterocycles. The van der Waals surface area contributed by atoms with Gasteiger partial charge in [0.25, 0.3) is 0 Å². The fourth-order valence-corrected chi connectivity index (χ4v) is 2.02. The number of nitrogens with zero attached hydrogens (tertiary/aromatic N) is 3. The number of rotatable bonds is 4. The van der Waals surface area contributed by atoms with Crippen molar-refractivity contribution >= 4 is 6.03 Å². The molecule has 0 fully saturated rings. The third-order valence-electron chi connectivity index (χ3n) is 3.39. The minimum Gasteiger partial charge on any atom is -0.332 e. The number of carbonyl (C=O) groups excluding carboxylic acids is 1. The lowest BCUT2D eigenvalue weighted by molar-refractivity contribution is -0.137. The first-order chi connectivity index (χ1) is 10.8. The molecule has 0 bridgehead atoms. The van der Waals surface area contributed by atoms with Crippen LogP contribution in [0.2, 0.25) is 0 Å². The Kier molecular flexibility index (Phi) is 4.92. The second-order valence-corrected chi connectivity index (χ2v) is 5.16. The molecule has 0 unspecified atom stereocenters. The Balaban J connectivity index is 1.89. The van der Waals surface area contributed by atoms with Crippen molar-refractivity contribution in [1.29, 1.82) is 0 Å². The Hall–Kier alpha value is -2.51. The van der Waals surface area contributed by atoms with Crippen LogP contribution in [-0.4, -0.2) is 27.8 Å². The van der Waals surface area contributed by atoms with Gasteiger partial charge >= 0.3 is 12.2 Å². The molecule has 0 radical (unpaired) electrons. The molecular formula is C15H17F3N4O. The maximum Gasteiger partial charge on any atom is 0.416 e. The Labute approximate surface area is 131 Å². The summed E-state index contributed by atoms with van der Waals surface area (Å²) in [4.78, 5) is 13.4. The molecule has 23 heavy (non-hydrogen) atoms. The summed E-state index contributed by atoms with van der Waals surface area (Å²) in [7, 11) is 3.35. The van der Waals surface area contributed by atoms with Crippen molar-refractivity contribution in [3.8, 4) is 0 Å². The lowest BCUT2D eigenvalue weighted by Crippen LogP contribution is -2.36. The van der Waals surface area contributed by atoms with Gasteiger partial charge in [0.05, 0.1) is 17.8 Å². The third-order valence-corrected chi connectivity index (χ3v) is 3.39. The minimum absolute atomic E-state index is 0.218. The summed E-state index contributed by atoms with van der Waals surface area (Å²) in [6.07, 6.45) is -2.72. The molecule has 0 aliphatic heterocycles. The zero-order valence-corrected chi connectivity index (χ0v) is 12.8. The number of alkyl halides is 3. The molecule has 2 rings (SSSR count). The summed E-state index contributed by atoms with van der Waals surface area (Å²) < 4.78 is 39.1. The van der Waals surface area contributed by atoms with E-state index in [4.69, 9.17) is 0 Å². The first-order valence-corrected chi connectivity index (χ1v) is 6.89. The van der Waals surface area contributed by atoms with Crippen LogP contribution in [0.3, 0.4) is 0 Å². The van der Waals surface area contributed by atoms with Gasteiger partial charge in [0.15, 0.2) is 0 Å². The number of amides is 2. The van der Waals surface area contributed by atoms with Crippen LogP contribution >= 0.6 is 0 Å². The van der Waals surface area contributed by atoms with Gasteiger partial charge in [0, 0.05) is 26.8 Å². The molecule has 0 aliphatic carbocycles. The molecule has 5 nitrogen and oxygen atoms in total. The average Bonchev–Trinajstić information content (AvgIpc) is 2.89. The highest BCUT2D eigenvalue weighted by Gasteiger charge is 2.29. The van der Waals surface area contributed by atoms with Crippen molar-refractivity contribution in [3.05, 3.63) is 53.3 Å². The van der Waals surface area contributed by atoms with Crippen molar-refractivity contribution in [2.75, 3.05) is 7.05 Å². The third kappa shape index (κ3) is 4.48. The lowest BCUT2D eigenvalue weighted by Gasteiger charge is -2.18. The molecule has 0 saturated heterocycles. The normalized spacial score (nSPS) is 11.3. The van der Waals surface area contributed by atoms with Crippen molar-refractivity contribution in [2.24, 2.45) is 7.05 Å². The Bertz CT molecular complexity index is 664. The topological polar surface area (TPSA) is 50.2 Å². The van der Waals surface area contributed by atoms with Crippen LogP contribution < -0.4 is 5.32 Å². The number of hydrogen-bond acceptors (Lipinski definition) is 2. The van der Waals surface area contributed by atoms with Crippen LogP contribution in [0.4, 0.5) is 18.0 Å². The highest BCUT2D eigenvalue weighted by atomic mass is 19.4. The number of aromatic nitrogens is 2. The fourth-order valence-electron chi connectivity index (χ4n) is 2.02. The maximum absolute atomic E-state index is 12.5. The van der Waals surface area contributed by atoms with E-state index in [2.05, 4.69) is 10.4 Å². The van der Waals surface area contributed by atoms with Gasteiger partial charge < -0.3 is 10.2 Å². The summed E-state index contributed by atoms with van der Waals surface area (Å²) in [5, 5.41) is 6.72. The number of nitrogens with one attached hydrogen (secondary N) is 1. The van der Waals surface area contributed by atoms with Gasteiger partial charge in [-0.3, -0.25) is 4.68 Å². The highest BCUT2D eigenvalue weighted by Crippen LogP contribution is 2.29. The molecule has 8 heteroatoms. The van der Waals surface area contributed by atoms with E-state index >= 15 is 0 Å². The van der Waals surface area contributed by atoms with Crippen LogP contribution in [-0.2, 0) is 26.3 Å². The van der Waals surface area contributed by atoms with Gasteiger partial charge in [-0.1, -0.05) is 12.1 Å². The smallest absolute Gasteiger partial charge is 0.332 e. The van der Waals surface area contributed by atoms with Gasteiger partial charge in [0.1, 0.15) is 0 Å². The van der Waals surface area contributed by atoms with E-state index in [1.807, 2.05) is 0 Å². The molecule has 1 N–H and O–H groups in total. The summed E-state index contributed by atoms with van der Waals surface area (Å²) in [5.41, 5.74) is 0.766. The summed E-state index contributed by atoms with van der Waals surface area (Å²) in [6, 6.07) is 6.23. The highest BCUT2D eigenvalue weighted by molar-refractivity contribution is 5.73. The number of hydrogen-bond donors (Lipinski definition) is 1. The van der Waals surface area contributed by atoms with Gasteiger partial charge in [0.2, 0.25) is 0 Å². The molecule has 0 atom stereocenters. The number of aryl methyl sites for hydroxylation is 1. The second-order valence-electron chi connectivity index (χ2n) is 5.16. The maximum atomic E-state index is 12.5. The predicted octanol–water partition coefficient (Wildman–Crippen LogP) is 2.78. The predicted molar refractivity (Wildman–Crippen MR) is 78.4 cm³/mol. The first-order valence-electron chi connectivity index (χ1n) is 6.89. The fraction of sp³-hybridized carbons (Fsp3) is 0.333. The lowest BCUT2D eigenvalue weighted by atomic mass is 10.1. The largest absolute Gasteiger partial charge is 0.416 e. The second kappa shape index (κ2) is 6.72. The number of urea groups is 1. The molecule has 2 amide bonds. The molecular weight excluding hydrogens is 309 g/mol.